The van der Waals surface area contributed by atoms with Gasteiger partial charge in [-0.05, 0) is 35.2 Å². The fraction of sp³-hybridized carbons (Fsp3) is 0.316. The average Bonchev–Trinajstić information content (AvgIpc) is 2.55. The number of hydrogen-bond acceptors (Lipinski definition) is 2. The Morgan fingerprint density at radius 3 is 2.09 bits per heavy atom. The smallest absolute Gasteiger partial charge is 0.315 e. The van der Waals surface area contributed by atoms with Crippen molar-refractivity contribution in [1.29, 1.82) is 5.26 Å². The van der Waals surface area contributed by atoms with Gasteiger partial charge in [-0.1, -0.05) is 49.7 Å². The van der Waals surface area contributed by atoms with Crippen molar-refractivity contribution in [3.63, 3.8) is 0 Å². The van der Waals surface area contributed by atoms with E-state index in [1.165, 1.54) is 29.8 Å². The molecule has 2 nitrogen and oxygen atoms in total. The number of benzene rings is 2. The van der Waals surface area contributed by atoms with E-state index in [0.29, 0.717) is 11.1 Å². The number of hydrogen-bond donors (Lipinski definition) is 0. The van der Waals surface area contributed by atoms with Crippen molar-refractivity contribution in [3.05, 3.63) is 70.8 Å². The van der Waals surface area contributed by atoms with Crippen LogP contribution in [-0.4, -0.2) is 6.11 Å². The molecule has 4 heteroatoms. The van der Waals surface area contributed by atoms with Crippen LogP contribution in [0.2, 0.25) is 0 Å². The maximum absolute atomic E-state index is 13.9. The molecule has 0 bridgehead atoms. The summed E-state index contributed by atoms with van der Waals surface area (Å²) in [7, 11) is 0. The molecule has 0 N–H and O–H groups in total. The lowest BCUT2D eigenvalue weighted by Crippen LogP contribution is -2.23. The molecule has 0 aliphatic rings. The number of aryl methyl sites for hydroxylation is 1. The van der Waals surface area contributed by atoms with Crippen LogP contribution >= 0.6 is 0 Å². The molecule has 0 saturated carbocycles. The van der Waals surface area contributed by atoms with E-state index in [1.54, 1.807) is 0 Å². The molecule has 2 aromatic carbocycles. The van der Waals surface area contributed by atoms with Crippen LogP contribution in [0, 0.1) is 11.3 Å². The van der Waals surface area contributed by atoms with Crippen molar-refractivity contribution in [2.24, 2.45) is 0 Å². The summed E-state index contributed by atoms with van der Waals surface area (Å²) in [6.07, 6.45) is -1.71. The predicted molar refractivity (Wildman–Crippen MR) is 85.0 cm³/mol. The Bertz CT molecular complexity index is 657. The van der Waals surface area contributed by atoms with E-state index < -0.39 is 12.5 Å². The van der Waals surface area contributed by atoms with Gasteiger partial charge in [0.2, 0.25) is 0 Å². The minimum Gasteiger partial charge on any atom is -0.315 e. The summed E-state index contributed by atoms with van der Waals surface area (Å²) < 4.78 is 32.6. The molecule has 0 amide bonds. The van der Waals surface area contributed by atoms with E-state index in [0.717, 1.165) is 18.4 Å². The molecule has 0 atom stereocenters. The third-order valence-electron chi connectivity index (χ3n) is 3.50. The van der Waals surface area contributed by atoms with Crippen molar-refractivity contribution in [2.45, 2.75) is 38.9 Å². The molecule has 0 radical (unpaired) electrons. The van der Waals surface area contributed by atoms with Gasteiger partial charge in [0, 0.05) is 0 Å². The summed E-state index contributed by atoms with van der Waals surface area (Å²) in [5.74, 6) is 0. The first-order valence-electron chi connectivity index (χ1n) is 7.61. The van der Waals surface area contributed by atoms with Crippen LogP contribution in [0.3, 0.4) is 0 Å². The first-order chi connectivity index (χ1) is 11.0. The minimum atomic E-state index is -3.24. The number of rotatable bonds is 7. The van der Waals surface area contributed by atoms with Gasteiger partial charge in [0.25, 0.3) is 0 Å². The Labute approximate surface area is 135 Å². The molecular weight excluding hydrogens is 296 g/mol. The van der Waals surface area contributed by atoms with Gasteiger partial charge in [-0.25, -0.2) is 0 Å². The fourth-order valence-electron chi connectivity index (χ4n) is 2.27. The standard InChI is InChI=1S/C19H19F2NO/c1-2-3-15-4-10-18(11-5-15)14-23-19(20,21)12-16-6-8-17(13-22)9-7-16/h4-11H,2-3,12,14H2,1H3. The Morgan fingerprint density at radius 1 is 0.957 bits per heavy atom. The third kappa shape index (κ3) is 5.46. The Morgan fingerprint density at radius 2 is 1.52 bits per heavy atom. The molecule has 23 heavy (non-hydrogen) atoms. The summed E-state index contributed by atoms with van der Waals surface area (Å²) in [5, 5.41) is 8.70. The first kappa shape index (κ1) is 17.1. The van der Waals surface area contributed by atoms with Crippen LogP contribution in [0.25, 0.3) is 0 Å². The number of alkyl halides is 2. The highest BCUT2D eigenvalue weighted by Crippen LogP contribution is 2.23. The zero-order valence-electron chi connectivity index (χ0n) is 13.1. The Hall–Kier alpha value is -2.25. The van der Waals surface area contributed by atoms with E-state index in [-0.39, 0.29) is 6.61 Å². The zero-order valence-corrected chi connectivity index (χ0v) is 13.1. The highest BCUT2D eigenvalue weighted by atomic mass is 19.3. The summed E-state index contributed by atoms with van der Waals surface area (Å²) in [5.41, 5.74) is 2.81. The zero-order chi connectivity index (χ0) is 16.7. The normalized spacial score (nSPS) is 11.2. The lowest BCUT2D eigenvalue weighted by Gasteiger charge is -2.17. The molecule has 120 valence electrons. The molecule has 0 saturated heterocycles. The monoisotopic (exact) mass is 315 g/mol. The molecule has 0 fully saturated rings. The van der Waals surface area contributed by atoms with E-state index in [1.807, 2.05) is 30.3 Å². The largest absolute Gasteiger partial charge is 0.360 e. The second-order valence-electron chi connectivity index (χ2n) is 5.48. The van der Waals surface area contributed by atoms with Gasteiger partial charge in [0.05, 0.1) is 24.7 Å². The van der Waals surface area contributed by atoms with Crippen molar-refractivity contribution >= 4 is 0 Å². The van der Waals surface area contributed by atoms with Gasteiger partial charge in [-0.15, -0.1) is 0 Å². The summed E-state index contributed by atoms with van der Waals surface area (Å²) in [6, 6.07) is 15.6. The van der Waals surface area contributed by atoms with Crippen molar-refractivity contribution < 1.29 is 13.5 Å². The Balaban J connectivity index is 1.91. The Kier molecular flexibility index (Phi) is 5.84. The number of ether oxygens (including phenoxy) is 1. The molecule has 2 aromatic rings. The van der Waals surface area contributed by atoms with Gasteiger partial charge in [-0.2, -0.15) is 14.0 Å². The quantitative estimate of drug-likeness (QED) is 0.731. The SMILES string of the molecule is CCCc1ccc(COC(F)(F)Cc2ccc(C#N)cc2)cc1. The van der Waals surface area contributed by atoms with Gasteiger partial charge in [-0.3, -0.25) is 0 Å². The van der Waals surface area contributed by atoms with E-state index >= 15 is 0 Å². The molecule has 0 aromatic heterocycles. The first-order valence-corrected chi connectivity index (χ1v) is 7.61. The van der Waals surface area contributed by atoms with Crippen LogP contribution in [0.4, 0.5) is 8.78 Å². The summed E-state index contributed by atoms with van der Waals surface area (Å²) >= 11 is 0. The fourth-order valence-corrected chi connectivity index (χ4v) is 2.27. The lowest BCUT2D eigenvalue weighted by molar-refractivity contribution is -0.244. The van der Waals surface area contributed by atoms with Crippen LogP contribution in [0.15, 0.2) is 48.5 Å². The molecule has 2 rings (SSSR count). The molecule has 0 spiro atoms. The molecule has 0 aliphatic carbocycles. The number of nitriles is 1. The van der Waals surface area contributed by atoms with Gasteiger partial charge >= 0.3 is 6.11 Å². The van der Waals surface area contributed by atoms with E-state index in [4.69, 9.17) is 10.00 Å². The van der Waals surface area contributed by atoms with Crippen molar-refractivity contribution in [1.82, 2.24) is 0 Å². The maximum atomic E-state index is 13.9. The second kappa shape index (κ2) is 7.85. The maximum Gasteiger partial charge on any atom is 0.360 e. The van der Waals surface area contributed by atoms with Crippen LogP contribution in [0.1, 0.15) is 35.6 Å². The van der Waals surface area contributed by atoms with Gasteiger partial charge in [0.1, 0.15) is 0 Å². The van der Waals surface area contributed by atoms with Crippen LogP contribution in [-0.2, 0) is 24.2 Å². The van der Waals surface area contributed by atoms with Crippen molar-refractivity contribution in [2.75, 3.05) is 0 Å². The number of halogens is 2. The molecule has 0 unspecified atom stereocenters. The minimum absolute atomic E-state index is 0.129. The topological polar surface area (TPSA) is 33.0 Å². The van der Waals surface area contributed by atoms with Gasteiger partial charge < -0.3 is 4.74 Å². The molecular formula is C19H19F2NO. The van der Waals surface area contributed by atoms with Crippen LogP contribution < -0.4 is 0 Å². The summed E-state index contributed by atoms with van der Waals surface area (Å²) in [4.78, 5) is 0. The second-order valence-corrected chi connectivity index (χ2v) is 5.48. The number of nitrogens with zero attached hydrogens (tertiary/aromatic N) is 1. The average molecular weight is 315 g/mol. The molecule has 0 aliphatic heterocycles. The van der Waals surface area contributed by atoms with Crippen LogP contribution in [0.5, 0.6) is 0 Å². The highest BCUT2D eigenvalue weighted by Gasteiger charge is 2.30. The molecule has 0 heterocycles. The highest BCUT2D eigenvalue weighted by molar-refractivity contribution is 5.31. The predicted octanol–water partition coefficient (Wildman–Crippen LogP) is 4.86. The van der Waals surface area contributed by atoms with Crippen molar-refractivity contribution in [3.8, 4) is 6.07 Å². The lowest BCUT2D eigenvalue weighted by atomic mass is 10.1. The summed E-state index contributed by atoms with van der Waals surface area (Å²) in [6.45, 7) is 1.97. The van der Waals surface area contributed by atoms with E-state index in [9.17, 15) is 8.78 Å². The van der Waals surface area contributed by atoms with Gasteiger partial charge in [0.15, 0.2) is 0 Å². The van der Waals surface area contributed by atoms with E-state index in [2.05, 4.69) is 6.92 Å². The third-order valence-corrected chi connectivity index (χ3v) is 3.50.